The third-order valence-electron chi connectivity index (χ3n) is 1.81. The predicted octanol–water partition coefficient (Wildman–Crippen LogP) is 2.27. The fourth-order valence-electron chi connectivity index (χ4n) is 1.11. The van der Waals surface area contributed by atoms with Crippen LogP contribution in [0.15, 0.2) is 35.8 Å². The van der Waals surface area contributed by atoms with Gasteiger partial charge in [0.15, 0.2) is 0 Å². The molecule has 0 atom stereocenters. The molecule has 1 aromatic rings. The molecule has 14 heavy (non-hydrogen) atoms. The first-order chi connectivity index (χ1) is 6.63. The van der Waals surface area contributed by atoms with Gasteiger partial charge in [-0.25, -0.2) is 4.99 Å². The first-order valence-corrected chi connectivity index (χ1v) is 4.31. The highest BCUT2D eigenvalue weighted by molar-refractivity contribution is 5.81. The molecule has 1 rings (SSSR count). The molecule has 0 radical (unpaired) electrons. The van der Waals surface area contributed by atoms with Crippen molar-refractivity contribution in [3.8, 4) is 0 Å². The first-order valence-electron chi connectivity index (χ1n) is 4.31. The number of nitrogens with zero attached hydrogens (tertiary/aromatic N) is 1. The normalized spacial score (nSPS) is 11.2. The van der Waals surface area contributed by atoms with E-state index in [1.165, 1.54) is 5.56 Å². The molecule has 0 amide bonds. The Morgan fingerprint density at radius 1 is 1.50 bits per heavy atom. The maximum absolute atomic E-state index is 4.96. The molecular weight excluding hydrogens is 176 g/mol. The summed E-state index contributed by atoms with van der Waals surface area (Å²) in [6.45, 7) is 7.53. The monoisotopic (exact) mass is 190 g/mol. The van der Waals surface area contributed by atoms with Crippen LogP contribution in [0.2, 0.25) is 0 Å². The van der Waals surface area contributed by atoms with E-state index >= 15 is 0 Å². The Morgan fingerprint density at radius 2 is 2.21 bits per heavy atom. The smallest absolute Gasteiger partial charge is 0.210 e. The SMILES string of the molecule is C=C(N=C(C)ON)c1cccc(C)c1. The molecule has 0 bridgehead atoms. The van der Waals surface area contributed by atoms with Crippen LogP contribution in [0.1, 0.15) is 18.1 Å². The van der Waals surface area contributed by atoms with Gasteiger partial charge in [0.2, 0.25) is 5.90 Å². The molecule has 1 aromatic carbocycles. The summed E-state index contributed by atoms with van der Waals surface area (Å²) in [6.07, 6.45) is 0. The van der Waals surface area contributed by atoms with Gasteiger partial charge >= 0.3 is 0 Å². The average Bonchev–Trinajstić information content (AvgIpc) is 2.17. The lowest BCUT2D eigenvalue weighted by atomic mass is 10.1. The summed E-state index contributed by atoms with van der Waals surface area (Å²) in [7, 11) is 0. The highest BCUT2D eigenvalue weighted by Crippen LogP contribution is 2.15. The second kappa shape index (κ2) is 4.58. The van der Waals surface area contributed by atoms with Crippen LogP contribution >= 0.6 is 0 Å². The number of benzene rings is 1. The fourth-order valence-corrected chi connectivity index (χ4v) is 1.11. The molecule has 0 fully saturated rings. The van der Waals surface area contributed by atoms with Gasteiger partial charge in [-0.15, -0.1) is 0 Å². The lowest BCUT2D eigenvalue weighted by Gasteiger charge is -2.02. The number of hydrogen-bond donors (Lipinski definition) is 1. The maximum atomic E-state index is 4.96. The van der Waals surface area contributed by atoms with Gasteiger partial charge in [-0.05, 0) is 18.6 Å². The highest BCUT2D eigenvalue weighted by atomic mass is 16.6. The Bertz CT molecular complexity index is 369. The average molecular weight is 190 g/mol. The molecule has 74 valence electrons. The van der Waals surface area contributed by atoms with Gasteiger partial charge in [-0.3, -0.25) is 0 Å². The van der Waals surface area contributed by atoms with Gasteiger partial charge < -0.3 is 4.84 Å². The molecule has 2 N–H and O–H groups in total. The summed E-state index contributed by atoms with van der Waals surface area (Å²) in [6, 6.07) is 7.94. The van der Waals surface area contributed by atoms with E-state index in [0.717, 1.165) is 5.56 Å². The third kappa shape index (κ3) is 2.71. The van der Waals surface area contributed by atoms with Crippen molar-refractivity contribution in [2.45, 2.75) is 13.8 Å². The Kier molecular flexibility index (Phi) is 3.42. The van der Waals surface area contributed by atoms with Crippen LogP contribution in [0.5, 0.6) is 0 Å². The molecule has 0 spiro atoms. The van der Waals surface area contributed by atoms with Gasteiger partial charge in [-0.1, -0.05) is 30.3 Å². The molecular formula is C11H14N2O. The molecule has 0 aliphatic heterocycles. The largest absolute Gasteiger partial charge is 0.396 e. The molecule has 0 aromatic heterocycles. The van der Waals surface area contributed by atoms with Crippen molar-refractivity contribution >= 4 is 11.6 Å². The molecule has 3 nitrogen and oxygen atoms in total. The van der Waals surface area contributed by atoms with Crippen molar-refractivity contribution in [2.24, 2.45) is 10.9 Å². The Morgan fingerprint density at radius 3 is 2.79 bits per heavy atom. The topological polar surface area (TPSA) is 47.6 Å². The fraction of sp³-hybridized carbons (Fsp3) is 0.182. The summed E-state index contributed by atoms with van der Waals surface area (Å²) in [4.78, 5) is 8.54. The second-order valence-corrected chi connectivity index (χ2v) is 3.06. The zero-order chi connectivity index (χ0) is 10.6. The number of aryl methyl sites for hydroxylation is 1. The Balaban J connectivity index is 2.90. The van der Waals surface area contributed by atoms with E-state index in [1.54, 1.807) is 6.92 Å². The summed E-state index contributed by atoms with van der Waals surface area (Å²) in [5.41, 5.74) is 2.79. The van der Waals surface area contributed by atoms with Gasteiger partial charge in [0.05, 0.1) is 5.70 Å². The second-order valence-electron chi connectivity index (χ2n) is 3.06. The van der Waals surface area contributed by atoms with Crippen LogP contribution in [0, 0.1) is 6.92 Å². The van der Waals surface area contributed by atoms with E-state index in [9.17, 15) is 0 Å². The third-order valence-corrected chi connectivity index (χ3v) is 1.81. The van der Waals surface area contributed by atoms with Crippen molar-refractivity contribution in [2.75, 3.05) is 0 Å². The molecule has 0 aliphatic carbocycles. The molecule has 0 saturated carbocycles. The minimum absolute atomic E-state index is 0.400. The molecule has 0 unspecified atom stereocenters. The van der Waals surface area contributed by atoms with E-state index in [4.69, 9.17) is 5.90 Å². The van der Waals surface area contributed by atoms with E-state index in [2.05, 4.69) is 16.4 Å². The van der Waals surface area contributed by atoms with Gasteiger partial charge in [0.25, 0.3) is 0 Å². The first kappa shape index (κ1) is 10.5. The van der Waals surface area contributed by atoms with Crippen LogP contribution in [-0.2, 0) is 4.84 Å². The number of rotatable bonds is 2. The van der Waals surface area contributed by atoms with Crippen molar-refractivity contribution in [1.29, 1.82) is 0 Å². The van der Waals surface area contributed by atoms with Crippen LogP contribution in [0.3, 0.4) is 0 Å². The maximum Gasteiger partial charge on any atom is 0.210 e. The molecule has 0 saturated heterocycles. The summed E-state index contributed by atoms with van der Waals surface area (Å²) in [5.74, 6) is 5.36. The molecule has 0 heterocycles. The van der Waals surface area contributed by atoms with E-state index < -0.39 is 0 Å². The number of aliphatic imine (C=N–C) groups is 1. The Labute approximate surface area is 83.9 Å². The molecule has 0 aliphatic rings. The van der Waals surface area contributed by atoms with Crippen molar-refractivity contribution < 1.29 is 4.84 Å². The van der Waals surface area contributed by atoms with Crippen LogP contribution in [0.4, 0.5) is 0 Å². The molecule has 3 heteroatoms. The van der Waals surface area contributed by atoms with Gasteiger partial charge in [-0.2, -0.15) is 5.90 Å². The van der Waals surface area contributed by atoms with Crippen LogP contribution in [-0.4, -0.2) is 5.90 Å². The van der Waals surface area contributed by atoms with E-state index in [-0.39, 0.29) is 0 Å². The Hall–Kier alpha value is -1.61. The standard InChI is InChI=1S/C11H14N2O/c1-8-5-4-6-11(7-8)9(2)13-10(3)14-12/h4-7H,2,12H2,1,3H3. The zero-order valence-corrected chi connectivity index (χ0v) is 8.45. The summed E-state index contributed by atoms with van der Waals surface area (Å²) >= 11 is 0. The van der Waals surface area contributed by atoms with Crippen molar-refractivity contribution in [1.82, 2.24) is 0 Å². The summed E-state index contributed by atoms with van der Waals surface area (Å²) < 4.78 is 0. The minimum atomic E-state index is 0.400. The number of nitrogens with two attached hydrogens (primary N) is 1. The van der Waals surface area contributed by atoms with E-state index in [0.29, 0.717) is 11.6 Å². The van der Waals surface area contributed by atoms with Crippen molar-refractivity contribution in [3.63, 3.8) is 0 Å². The summed E-state index contributed by atoms with van der Waals surface area (Å²) in [5, 5.41) is 0. The van der Waals surface area contributed by atoms with Gasteiger partial charge in [0, 0.05) is 6.92 Å². The quantitative estimate of drug-likeness (QED) is 0.442. The lowest BCUT2D eigenvalue weighted by Crippen LogP contribution is -2.05. The number of hydrogen-bond acceptors (Lipinski definition) is 3. The van der Waals surface area contributed by atoms with Gasteiger partial charge in [0.1, 0.15) is 0 Å². The van der Waals surface area contributed by atoms with Crippen LogP contribution in [0.25, 0.3) is 5.70 Å². The lowest BCUT2D eigenvalue weighted by molar-refractivity contribution is 0.318. The van der Waals surface area contributed by atoms with E-state index in [1.807, 2.05) is 31.2 Å². The van der Waals surface area contributed by atoms with Crippen molar-refractivity contribution in [3.05, 3.63) is 42.0 Å². The minimum Gasteiger partial charge on any atom is -0.396 e. The van der Waals surface area contributed by atoms with Crippen LogP contribution < -0.4 is 5.90 Å². The predicted molar refractivity (Wildman–Crippen MR) is 58.6 cm³/mol. The zero-order valence-electron chi connectivity index (χ0n) is 8.45. The highest BCUT2D eigenvalue weighted by Gasteiger charge is 1.98.